The molecular weight excluding hydrogens is 440 g/mol. The number of nitrogens with one attached hydrogen (secondary N) is 1. The second kappa shape index (κ2) is 9.27. The number of aryl methyl sites for hydroxylation is 2. The Morgan fingerprint density at radius 1 is 1.06 bits per heavy atom. The molecule has 0 spiro atoms. The van der Waals surface area contributed by atoms with Gasteiger partial charge in [-0.2, -0.15) is 0 Å². The van der Waals surface area contributed by atoms with E-state index in [9.17, 15) is 18.0 Å². The summed E-state index contributed by atoms with van der Waals surface area (Å²) in [5.41, 5.74) is 3.30. The van der Waals surface area contributed by atoms with Gasteiger partial charge >= 0.3 is 0 Å². The fourth-order valence-electron chi connectivity index (χ4n) is 3.84. The highest BCUT2D eigenvalue weighted by molar-refractivity contribution is 7.92. The molecule has 0 aliphatic carbocycles. The van der Waals surface area contributed by atoms with Crippen LogP contribution in [0.4, 0.5) is 11.4 Å². The first kappa shape index (κ1) is 24.3. The van der Waals surface area contributed by atoms with Crippen LogP contribution in [-0.2, 0) is 21.9 Å². The Kier molecular flexibility index (Phi) is 6.83. The average molecular weight is 471 g/mol. The third-order valence-electron chi connectivity index (χ3n) is 5.88. The number of amides is 1. The number of anilines is 2. The zero-order chi connectivity index (χ0) is 24.5. The first-order valence-electron chi connectivity index (χ1n) is 10.7. The van der Waals surface area contributed by atoms with Gasteiger partial charge in [0.05, 0.1) is 23.3 Å². The number of benzene rings is 2. The molecule has 2 aromatic carbocycles. The molecule has 3 aromatic rings. The summed E-state index contributed by atoms with van der Waals surface area (Å²) in [5.74, 6) is -0.563. The van der Waals surface area contributed by atoms with E-state index >= 15 is 0 Å². The number of carbonyl (C=O) groups excluding carboxylic acids is 1. The topological polar surface area (TPSA) is 93.4 Å². The highest BCUT2D eigenvalue weighted by Gasteiger charge is 2.33. The molecule has 0 bridgehead atoms. The molecule has 1 N–H and O–H groups in total. The van der Waals surface area contributed by atoms with E-state index in [4.69, 9.17) is 0 Å². The summed E-state index contributed by atoms with van der Waals surface area (Å²) in [5, 5.41) is 2.71. The standard InChI is InChI=1S/C24H30N4O4S/c1-7-21(28(33(6,31)32)20-14-13-16(2)17(3)15-20)23(29)25-22-18(4)26(5)27(24(22)30)19-11-9-8-10-12-19/h8-15,21H,7H2,1-6H3,(H,25,29)/t21-/m0/s1. The molecule has 9 heteroatoms. The highest BCUT2D eigenvalue weighted by atomic mass is 32.2. The Morgan fingerprint density at radius 3 is 2.24 bits per heavy atom. The summed E-state index contributed by atoms with van der Waals surface area (Å²) in [6, 6.07) is 13.3. The van der Waals surface area contributed by atoms with Crippen LogP contribution in [0.3, 0.4) is 0 Å². The van der Waals surface area contributed by atoms with Gasteiger partial charge in [0, 0.05) is 7.05 Å². The second-order valence-electron chi connectivity index (χ2n) is 8.18. The van der Waals surface area contributed by atoms with Crippen LogP contribution in [0, 0.1) is 20.8 Å². The lowest BCUT2D eigenvalue weighted by atomic mass is 10.1. The maximum atomic E-state index is 13.3. The Bertz CT molecular complexity index is 1340. The number of hydrogen-bond acceptors (Lipinski definition) is 4. The van der Waals surface area contributed by atoms with E-state index in [1.807, 2.05) is 38.1 Å². The van der Waals surface area contributed by atoms with E-state index in [2.05, 4.69) is 5.32 Å². The summed E-state index contributed by atoms with van der Waals surface area (Å²) in [6.07, 6.45) is 1.30. The smallest absolute Gasteiger partial charge is 0.295 e. The maximum absolute atomic E-state index is 13.3. The molecule has 0 unspecified atom stereocenters. The van der Waals surface area contributed by atoms with Gasteiger partial charge in [-0.3, -0.25) is 18.6 Å². The summed E-state index contributed by atoms with van der Waals surface area (Å²) < 4.78 is 29.7. The Balaban J connectivity index is 2.03. The van der Waals surface area contributed by atoms with Crippen molar-refractivity contribution in [3.05, 3.63) is 75.7 Å². The van der Waals surface area contributed by atoms with E-state index in [1.165, 1.54) is 4.68 Å². The van der Waals surface area contributed by atoms with E-state index < -0.39 is 22.0 Å². The normalized spacial score (nSPS) is 12.4. The van der Waals surface area contributed by atoms with E-state index in [-0.39, 0.29) is 17.7 Å². The van der Waals surface area contributed by atoms with Gasteiger partial charge in [-0.05, 0) is 62.6 Å². The predicted octanol–water partition coefficient (Wildman–Crippen LogP) is 3.28. The Labute approximate surface area is 194 Å². The number of rotatable bonds is 7. The lowest BCUT2D eigenvalue weighted by molar-refractivity contribution is -0.117. The molecule has 1 heterocycles. The summed E-state index contributed by atoms with van der Waals surface area (Å²) in [4.78, 5) is 26.5. The molecule has 0 fully saturated rings. The number of nitrogens with zero attached hydrogens (tertiary/aromatic N) is 3. The van der Waals surface area contributed by atoms with Gasteiger partial charge in [-0.15, -0.1) is 0 Å². The number of carbonyl (C=O) groups is 1. The molecule has 0 aliphatic heterocycles. The maximum Gasteiger partial charge on any atom is 0.295 e. The Morgan fingerprint density at radius 2 is 1.70 bits per heavy atom. The van der Waals surface area contributed by atoms with Crippen molar-refractivity contribution in [1.29, 1.82) is 0 Å². The highest BCUT2D eigenvalue weighted by Crippen LogP contribution is 2.26. The molecule has 0 aliphatic rings. The molecule has 33 heavy (non-hydrogen) atoms. The van der Waals surface area contributed by atoms with Crippen LogP contribution in [0.5, 0.6) is 0 Å². The summed E-state index contributed by atoms with van der Waals surface area (Å²) in [7, 11) is -2.05. The van der Waals surface area contributed by atoms with Gasteiger partial charge in [0.1, 0.15) is 11.7 Å². The number of sulfonamides is 1. The largest absolute Gasteiger partial charge is 0.318 e. The van der Waals surface area contributed by atoms with Crippen molar-refractivity contribution in [2.45, 2.75) is 40.2 Å². The fraction of sp³-hybridized carbons (Fsp3) is 0.333. The molecular formula is C24H30N4O4S. The molecule has 1 amide bonds. The molecule has 176 valence electrons. The van der Waals surface area contributed by atoms with E-state index in [0.717, 1.165) is 21.7 Å². The van der Waals surface area contributed by atoms with Gasteiger partial charge in [-0.1, -0.05) is 31.2 Å². The summed E-state index contributed by atoms with van der Waals surface area (Å²) >= 11 is 0. The van der Waals surface area contributed by atoms with Gasteiger partial charge in [-0.25, -0.2) is 13.1 Å². The van der Waals surface area contributed by atoms with Crippen molar-refractivity contribution in [3.8, 4) is 5.69 Å². The van der Waals surface area contributed by atoms with Crippen LogP contribution in [-0.4, -0.2) is 36.0 Å². The molecule has 1 atom stereocenters. The summed E-state index contributed by atoms with van der Waals surface area (Å²) in [6.45, 7) is 7.29. The lowest BCUT2D eigenvalue weighted by Crippen LogP contribution is -2.47. The molecule has 3 rings (SSSR count). The second-order valence-corrected chi connectivity index (χ2v) is 10.0. The molecule has 1 aromatic heterocycles. The molecule has 0 saturated heterocycles. The number of hydrogen-bond donors (Lipinski definition) is 1. The van der Waals surface area contributed by atoms with Gasteiger partial charge in [0.15, 0.2) is 0 Å². The number of para-hydroxylation sites is 1. The zero-order valence-corrected chi connectivity index (χ0v) is 20.6. The minimum absolute atomic E-state index is 0.123. The van der Waals surface area contributed by atoms with Gasteiger partial charge in [0.2, 0.25) is 15.9 Å². The van der Waals surface area contributed by atoms with Crippen LogP contribution in [0.25, 0.3) is 5.69 Å². The van der Waals surface area contributed by atoms with E-state index in [1.54, 1.807) is 49.8 Å². The van der Waals surface area contributed by atoms with E-state index in [0.29, 0.717) is 17.1 Å². The van der Waals surface area contributed by atoms with Crippen LogP contribution in [0.2, 0.25) is 0 Å². The fourth-order valence-corrected chi connectivity index (χ4v) is 5.05. The lowest BCUT2D eigenvalue weighted by Gasteiger charge is -2.30. The molecule has 0 radical (unpaired) electrons. The minimum Gasteiger partial charge on any atom is -0.318 e. The van der Waals surface area contributed by atoms with Crippen molar-refractivity contribution < 1.29 is 13.2 Å². The average Bonchev–Trinajstić information content (AvgIpc) is 2.96. The third kappa shape index (κ3) is 4.73. The van der Waals surface area contributed by atoms with Crippen LogP contribution in [0.15, 0.2) is 53.3 Å². The van der Waals surface area contributed by atoms with Crippen molar-refractivity contribution >= 4 is 27.3 Å². The third-order valence-corrected chi connectivity index (χ3v) is 7.06. The van der Waals surface area contributed by atoms with Gasteiger partial charge < -0.3 is 5.32 Å². The van der Waals surface area contributed by atoms with Crippen molar-refractivity contribution in [3.63, 3.8) is 0 Å². The van der Waals surface area contributed by atoms with Crippen molar-refractivity contribution in [1.82, 2.24) is 9.36 Å². The van der Waals surface area contributed by atoms with Crippen LogP contribution in [0.1, 0.15) is 30.2 Å². The van der Waals surface area contributed by atoms with Crippen LogP contribution < -0.4 is 15.2 Å². The number of aromatic nitrogens is 2. The van der Waals surface area contributed by atoms with Crippen molar-refractivity contribution in [2.24, 2.45) is 7.05 Å². The van der Waals surface area contributed by atoms with Crippen LogP contribution >= 0.6 is 0 Å². The first-order chi connectivity index (χ1) is 15.5. The quantitative estimate of drug-likeness (QED) is 0.573. The van der Waals surface area contributed by atoms with Crippen molar-refractivity contribution in [2.75, 3.05) is 15.9 Å². The minimum atomic E-state index is -3.78. The predicted molar refractivity (Wildman–Crippen MR) is 132 cm³/mol. The SMILES string of the molecule is CC[C@@H](C(=O)Nc1c(C)n(C)n(-c2ccccc2)c1=O)N(c1ccc(C)c(C)c1)S(C)(=O)=O. The monoisotopic (exact) mass is 470 g/mol. The molecule has 8 nitrogen and oxygen atoms in total. The zero-order valence-electron chi connectivity index (χ0n) is 19.8. The van der Waals surface area contributed by atoms with Gasteiger partial charge in [0.25, 0.3) is 5.56 Å². The molecule has 0 saturated carbocycles. The Hall–Kier alpha value is -3.33. The first-order valence-corrected chi connectivity index (χ1v) is 12.5.